The van der Waals surface area contributed by atoms with Crippen molar-refractivity contribution >= 4 is 0 Å². The molecule has 0 aliphatic heterocycles. The lowest BCUT2D eigenvalue weighted by Crippen LogP contribution is -2.13. The third-order valence-electron chi connectivity index (χ3n) is 3.61. The number of rotatable bonds is 6. The predicted molar refractivity (Wildman–Crippen MR) is 83.3 cm³/mol. The number of tetrazole rings is 1. The highest BCUT2D eigenvalue weighted by molar-refractivity contribution is 5.37. The molecule has 1 aromatic heterocycles. The molecule has 0 saturated heterocycles. The first kappa shape index (κ1) is 14.4. The quantitative estimate of drug-likeness (QED) is 0.757. The Balaban J connectivity index is 2.05. The molecule has 0 atom stereocenters. The molecule has 0 unspecified atom stereocenters. The van der Waals surface area contributed by atoms with Gasteiger partial charge in [-0.05, 0) is 28.0 Å². The maximum atomic E-state index is 9.05. The Bertz CT molecular complexity index is 657. The largest absolute Gasteiger partial charge is 0.396 e. The van der Waals surface area contributed by atoms with Gasteiger partial charge in [0.25, 0.3) is 0 Å². The van der Waals surface area contributed by atoms with Gasteiger partial charge in [0.1, 0.15) is 0 Å². The number of nitrogens with zero attached hydrogens (tertiary/aromatic N) is 4. The summed E-state index contributed by atoms with van der Waals surface area (Å²) in [5, 5.41) is 21.2. The lowest BCUT2D eigenvalue weighted by atomic mass is 9.90. The molecule has 22 heavy (non-hydrogen) atoms. The molecule has 5 heteroatoms. The van der Waals surface area contributed by atoms with Crippen molar-refractivity contribution in [1.29, 1.82) is 0 Å². The van der Waals surface area contributed by atoms with E-state index in [1.807, 2.05) is 36.4 Å². The molecular weight excluding hydrogens is 276 g/mol. The Morgan fingerprint density at radius 2 is 1.50 bits per heavy atom. The van der Waals surface area contributed by atoms with Gasteiger partial charge in [-0.1, -0.05) is 60.7 Å². The topological polar surface area (TPSA) is 63.8 Å². The van der Waals surface area contributed by atoms with E-state index in [0.29, 0.717) is 13.0 Å². The highest BCUT2D eigenvalue weighted by Crippen LogP contribution is 2.29. The van der Waals surface area contributed by atoms with Crippen molar-refractivity contribution in [2.24, 2.45) is 0 Å². The molecule has 0 fully saturated rings. The van der Waals surface area contributed by atoms with Crippen LogP contribution in [0.15, 0.2) is 60.7 Å². The number of aromatic nitrogens is 4. The summed E-state index contributed by atoms with van der Waals surface area (Å²) in [4.78, 5) is 0. The van der Waals surface area contributed by atoms with E-state index in [1.165, 1.54) is 0 Å². The van der Waals surface area contributed by atoms with Crippen molar-refractivity contribution in [3.05, 3.63) is 77.6 Å². The maximum Gasteiger partial charge on any atom is 0.163 e. The first-order valence-electron chi connectivity index (χ1n) is 7.37. The molecule has 0 saturated carbocycles. The van der Waals surface area contributed by atoms with Crippen LogP contribution in [0.1, 0.15) is 29.3 Å². The molecule has 0 aliphatic rings. The Kier molecular flexibility index (Phi) is 4.56. The molecule has 0 amide bonds. The molecule has 2 aromatic carbocycles. The molecule has 5 nitrogen and oxygen atoms in total. The minimum atomic E-state index is -0.0175. The molecule has 0 bridgehead atoms. The van der Waals surface area contributed by atoms with Gasteiger partial charge >= 0.3 is 0 Å². The van der Waals surface area contributed by atoms with Crippen LogP contribution in [0.5, 0.6) is 0 Å². The third-order valence-corrected chi connectivity index (χ3v) is 3.61. The summed E-state index contributed by atoms with van der Waals surface area (Å²) in [6.45, 7) is 0.732. The van der Waals surface area contributed by atoms with Crippen LogP contribution in [-0.2, 0) is 6.54 Å². The highest BCUT2D eigenvalue weighted by atomic mass is 16.3. The second kappa shape index (κ2) is 6.95. The van der Waals surface area contributed by atoms with Gasteiger partial charge in [-0.2, -0.15) is 0 Å². The van der Waals surface area contributed by atoms with Crippen LogP contribution in [0.4, 0.5) is 0 Å². The zero-order chi connectivity index (χ0) is 15.2. The average molecular weight is 294 g/mol. The van der Waals surface area contributed by atoms with Gasteiger partial charge in [0.05, 0.1) is 5.92 Å². The number of benzene rings is 2. The monoisotopic (exact) mass is 294 g/mol. The minimum Gasteiger partial charge on any atom is -0.396 e. The number of aliphatic hydroxyl groups excluding tert-OH is 1. The van der Waals surface area contributed by atoms with Crippen molar-refractivity contribution in [3.8, 4) is 0 Å². The highest BCUT2D eigenvalue weighted by Gasteiger charge is 2.22. The molecule has 1 heterocycles. The van der Waals surface area contributed by atoms with E-state index in [0.717, 1.165) is 17.0 Å². The molecule has 0 aliphatic carbocycles. The summed E-state index contributed by atoms with van der Waals surface area (Å²) in [5.74, 6) is 0.780. The van der Waals surface area contributed by atoms with E-state index < -0.39 is 0 Å². The second-order valence-corrected chi connectivity index (χ2v) is 5.09. The van der Waals surface area contributed by atoms with Crippen LogP contribution in [0.3, 0.4) is 0 Å². The molecule has 0 spiro atoms. The van der Waals surface area contributed by atoms with Crippen LogP contribution in [0.2, 0.25) is 0 Å². The maximum absolute atomic E-state index is 9.05. The number of hydrogen-bond donors (Lipinski definition) is 1. The summed E-state index contributed by atoms with van der Waals surface area (Å²) in [5.41, 5.74) is 2.29. The van der Waals surface area contributed by atoms with Gasteiger partial charge in [-0.3, -0.25) is 0 Å². The van der Waals surface area contributed by atoms with Crippen molar-refractivity contribution in [2.75, 3.05) is 6.61 Å². The zero-order valence-corrected chi connectivity index (χ0v) is 12.2. The molecular formula is C17H18N4O. The smallest absolute Gasteiger partial charge is 0.163 e. The van der Waals surface area contributed by atoms with Crippen LogP contribution in [0.25, 0.3) is 0 Å². The molecule has 3 aromatic rings. The Morgan fingerprint density at radius 3 is 2.05 bits per heavy atom. The van der Waals surface area contributed by atoms with Gasteiger partial charge in [-0.25, -0.2) is 4.68 Å². The Hall–Kier alpha value is -2.53. The van der Waals surface area contributed by atoms with Crippen LogP contribution < -0.4 is 0 Å². The fourth-order valence-corrected chi connectivity index (χ4v) is 2.58. The lowest BCUT2D eigenvalue weighted by molar-refractivity contribution is 0.275. The van der Waals surface area contributed by atoms with Crippen molar-refractivity contribution in [3.63, 3.8) is 0 Å². The fraction of sp³-hybridized carbons (Fsp3) is 0.235. The van der Waals surface area contributed by atoms with Crippen LogP contribution in [-0.4, -0.2) is 31.9 Å². The van der Waals surface area contributed by atoms with Crippen molar-refractivity contribution in [1.82, 2.24) is 20.2 Å². The predicted octanol–water partition coefficient (Wildman–Crippen LogP) is 2.24. The summed E-state index contributed by atoms with van der Waals surface area (Å²) in [6.07, 6.45) is 0.633. The van der Waals surface area contributed by atoms with Gasteiger partial charge in [0, 0.05) is 13.2 Å². The average Bonchev–Trinajstić information content (AvgIpc) is 3.03. The van der Waals surface area contributed by atoms with E-state index in [-0.39, 0.29) is 12.5 Å². The second-order valence-electron chi connectivity index (χ2n) is 5.09. The van der Waals surface area contributed by atoms with Gasteiger partial charge in [-0.15, -0.1) is 5.10 Å². The van der Waals surface area contributed by atoms with E-state index in [1.54, 1.807) is 4.68 Å². The van der Waals surface area contributed by atoms with Gasteiger partial charge < -0.3 is 5.11 Å². The Morgan fingerprint density at radius 1 is 0.909 bits per heavy atom. The van der Waals surface area contributed by atoms with Crippen molar-refractivity contribution in [2.45, 2.75) is 18.9 Å². The zero-order valence-electron chi connectivity index (χ0n) is 12.2. The summed E-state index contributed by atoms with van der Waals surface area (Å²) in [6, 6.07) is 20.4. The normalized spacial score (nSPS) is 11.0. The van der Waals surface area contributed by atoms with E-state index >= 15 is 0 Å². The lowest BCUT2D eigenvalue weighted by Gasteiger charge is -2.17. The third kappa shape index (κ3) is 3.04. The van der Waals surface area contributed by atoms with Gasteiger partial charge in [0.15, 0.2) is 5.82 Å². The molecule has 112 valence electrons. The first-order chi connectivity index (χ1) is 10.9. The summed E-state index contributed by atoms with van der Waals surface area (Å²) >= 11 is 0. The van der Waals surface area contributed by atoms with E-state index in [9.17, 15) is 0 Å². The van der Waals surface area contributed by atoms with E-state index in [4.69, 9.17) is 5.11 Å². The van der Waals surface area contributed by atoms with Gasteiger partial charge in [0.2, 0.25) is 0 Å². The van der Waals surface area contributed by atoms with Crippen molar-refractivity contribution < 1.29 is 5.11 Å². The minimum absolute atomic E-state index is 0.0175. The number of aliphatic hydroxyl groups is 1. The first-order valence-corrected chi connectivity index (χ1v) is 7.37. The number of hydrogen-bond acceptors (Lipinski definition) is 4. The standard InChI is InChI=1S/C17H18N4O/c22-13-7-12-21-17(18-19-20-21)16(14-8-3-1-4-9-14)15-10-5-2-6-11-15/h1-6,8-11,16,22H,7,12-13H2. The summed E-state index contributed by atoms with van der Waals surface area (Å²) in [7, 11) is 0. The van der Waals surface area contributed by atoms with Crippen LogP contribution in [0, 0.1) is 0 Å². The number of aryl methyl sites for hydroxylation is 1. The molecule has 3 rings (SSSR count). The molecule has 0 radical (unpaired) electrons. The fourth-order valence-electron chi connectivity index (χ4n) is 2.58. The Labute approximate surface area is 129 Å². The molecule has 1 N–H and O–H groups in total. The van der Waals surface area contributed by atoms with E-state index in [2.05, 4.69) is 39.8 Å². The SMILES string of the molecule is OCCCn1nnnc1C(c1ccccc1)c1ccccc1. The summed E-state index contributed by atoms with van der Waals surface area (Å²) < 4.78 is 1.78. The van der Waals surface area contributed by atoms with Crippen LogP contribution >= 0.6 is 0 Å².